The zero-order valence-electron chi connectivity index (χ0n) is 14.4. The normalized spacial score (nSPS) is 18.6. The Morgan fingerprint density at radius 2 is 1.75 bits per heavy atom. The van der Waals surface area contributed by atoms with Crippen molar-refractivity contribution in [2.24, 2.45) is 0 Å². The van der Waals surface area contributed by atoms with Crippen LogP contribution in [-0.2, 0) is 23.2 Å². The van der Waals surface area contributed by atoms with E-state index in [-0.39, 0.29) is 0 Å². The van der Waals surface area contributed by atoms with Crippen LogP contribution in [0.25, 0.3) is 11.8 Å². The van der Waals surface area contributed by atoms with Crippen LogP contribution in [0.1, 0.15) is 35.0 Å². The largest absolute Gasteiger partial charge is 0.130 e. The number of hydrogen-bond acceptors (Lipinski definition) is 0. The zero-order chi connectivity index (χ0) is 17.1. The number of allylic oxidation sites excluding steroid dienone is 5. The van der Waals surface area contributed by atoms with Gasteiger partial charge in [0.05, 0.1) is 0 Å². The number of benzene rings is 1. The second-order valence-corrected chi connectivity index (χ2v) is 9.67. The number of alkyl halides is 1. The molecule has 0 saturated heterocycles. The molecule has 1 aromatic heterocycles. The molecule has 4 rings (SSSR count). The van der Waals surface area contributed by atoms with Crippen molar-refractivity contribution >= 4 is 23.4 Å². The minimum Gasteiger partial charge on any atom is -0.130 e. The second-order valence-electron chi connectivity index (χ2n) is 6.06. The molecule has 0 amide bonds. The van der Waals surface area contributed by atoms with Gasteiger partial charge in [0, 0.05) is 6.38 Å². The Morgan fingerprint density at radius 3 is 2.42 bits per heavy atom. The minimum absolute atomic E-state index is 0.636. The van der Waals surface area contributed by atoms with Gasteiger partial charge in [0.15, 0.2) is 0 Å². The molecule has 0 radical (unpaired) electrons. The Hall–Kier alpha value is -1.11. The first-order valence-electron chi connectivity index (χ1n) is 8.19. The average Bonchev–Trinajstić information content (AvgIpc) is 3.33. The molecular formula is C21H22ClNZr. The van der Waals surface area contributed by atoms with Gasteiger partial charge in [0.1, 0.15) is 0 Å². The summed E-state index contributed by atoms with van der Waals surface area (Å²) < 4.78 is 4.72. The third-order valence-electron chi connectivity index (χ3n) is 4.78. The molecule has 24 heavy (non-hydrogen) atoms. The van der Waals surface area contributed by atoms with Gasteiger partial charge in [-0.2, -0.15) is 0 Å². The van der Waals surface area contributed by atoms with Crippen LogP contribution in [0, 0.1) is 0 Å². The molecule has 0 fully saturated rings. The number of aromatic nitrogens is 1. The summed E-state index contributed by atoms with van der Waals surface area (Å²) in [6, 6.07) is 13.2. The molecule has 2 aliphatic carbocycles. The monoisotopic (exact) mass is 413 g/mol. The van der Waals surface area contributed by atoms with E-state index in [1.807, 2.05) is 0 Å². The maximum atomic E-state index is 4.64. The first-order valence-corrected chi connectivity index (χ1v) is 11.6. The summed E-state index contributed by atoms with van der Waals surface area (Å²) in [5, 5.41) is 0. The van der Waals surface area contributed by atoms with Crippen molar-refractivity contribution < 1.29 is 23.2 Å². The second kappa shape index (κ2) is 7.85. The Balaban J connectivity index is 0.000000815. The SMILES string of the molecule is CC1=CC[C]([Zr][CH]2C(n3cccc3)=Cc3ccccc32)=C1C.CCl. The van der Waals surface area contributed by atoms with Crippen molar-refractivity contribution in [3.63, 3.8) is 0 Å². The predicted octanol–water partition coefficient (Wildman–Crippen LogP) is 6.10. The standard InChI is InChI=1S/C13H10N.C7H9.CH3Cl.Zr/c1-2-6-12-10-13(9-11(12)5-1)14-7-3-4-8-14;1-6-4-3-5-7(6)2;1-2;/h1-10H;4H,3H2,1-2H3;1H3;. The Morgan fingerprint density at radius 1 is 1.04 bits per heavy atom. The van der Waals surface area contributed by atoms with Gasteiger partial charge in [-0.15, -0.1) is 11.6 Å². The molecule has 1 aromatic carbocycles. The van der Waals surface area contributed by atoms with E-state index in [4.69, 9.17) is 0 Å². The number of hydrogen-bond donors (Lipinski definition) is 0. The van der Waals surface area contributed by atoms with Crippen LogP contribution in [0.15, 0.2) is 69.3 Å². The maximum Gasteiger partial charge on any atom is 0.0108 e. The summed E-state index contributed by atoms with van der Waals surface area (Å²) in [5.74, 6) is 0. The van der Waals surface area contributed by atoms with Crippen LogP contribution >= 0.6 is 11.6 Å². The van der Waals surface area contributed by atoms with E-state index < -0.39 is 23.2 Å². The van der Waals surface area contributed by atoms with Crippen LogP contribution < -0.4 is 0 Å². The Kier molecular flexibility index (Phi) is 5.79. The first-order chi connectivity index (χ1) is 11.7. The Bertz CT molecular complexity index is 812. The smallest absolute Gasteiger partial charge is 0.0108 e. The molecule has 122 valence electrons. The van der Waals surface area contributed by atoms with E-state index >= 15 is 0 Å². The maximum absolute atomic E-state index is 4.64. The van der Waals surface area contributed by atoms with Gasteiger partial charge in [-0.05, 0) is 0 Å². The Labute approximate surface area is 161 Å². The molecule has 0 bridgehead atoms. The van der Waals surface area contributed by atoms with Gasteiger partial charge >= 0.3 is 144 Å². The fourth-order valence-electron chi connectivity index (χ4n) is 3.33. The van der Waals surface area contributed by atoms with E-state index in [2.05, 4.69) is 91.0 Å². The van der Waals surface area contributed by atoms with Crippen molar-refractivity contribution in [2.75, 3.05) is 6.38 Å². The molecule has 1 heterocycles. The summed E-state index contributed by atoms with van der Waals surface area (Å²) in [4.78, 5) is 0. The molecule has 0 saturated carbocycles. The molecule has 3 heteroatoms. The van der Waals surface area contributed by atoms with Gasteiger partial charge in [0.25, 0.3) is 0 Å². The van der Waals surface area contributed by atoms with Crippen molar-refractivity contribution in [3.05, 3.63) is 80.4 Å². The van der Waals surface area contributed by atoms with Crippen LogP contribution in [-0.4, -0.2) is 11.0 Å². The fourth-order valence-corrected chi connectivity index (χ4v) is 7.71. The van der Waals surface area contributed by atoms with Crippen molar-refractivity contribution in [1.29, 1.82) is 0 Å². The van der Waals surface area contributed by atoms with E-state index in [9.17, 15) is 0 Å². The molecule has 1 atom stereocenters. The van der Waals surface area contributed by atoms with Gasteiger partial charge < -0.3 is 0 Å². The quantitative estimate of drug-likeness (QED) is 0.534. The van der Waals surface area contributed by atoms with Gasteiger partial charge in [-0.25, -0.2) is 0 Å². The van der Waals surface area contributed by atoms with Gasteiger partial charge in [-0.3, -0.25) is 0 Å². The molecular weight excluding hydrogens is 393 g/mol. The molecule has 1 nitrogen and oxygen atoms in total. The topological polar surface area (TPSA) is 4.93 Å². The van der Waals surface area contributed by atoms with E-state index in [0.717, 1.165) is 0 Å². The third-order valence-corrected chi connectivity index (χ3v) is 9.26. The molecule has 2 aromatic rings. The molecule has 0 N–H and O–H groups in total. The van der Waals surface area contributed by atoms with E-state index in [0.29, 0.717) is 3.63 Å². The summed E-state index contributed by atoms with van der Waals surface area (Å²) in [5.41, 5.74) is 7.50. The molecule has 2 aliphatic rings. The number of rotatable bonds is 3. The summed E-state index contributed by atoms with van der Waals surface area (Å²) in [6.45, 7) is 4.57. The number of halogens is 1. The average molecular weight is 415 g/mol. The van der Waals surface area contributed by atoms with Gasteiger partial charge in [0.2, 0.25) is 0 Å². The number of fused-ring (bicyclic) bond motifs is 1. The van der Waals surface area contributed by atoms with E-state index in [1.54, 1.807) is 14.4 Å². The minimum atomic E-state index is -0.687. The van der Waals surface area contributed by atoms with Crippen molar-refractivity contribution in [1.82, 2.24) is 4.57 Å². The predicted molar refractivity (Wildman–Crippen MR) is 101 cm³/mol. The van der Waals surface area contributed by atoms with Crippen molar-refractivity contribution in [3.8, 4) is 0 Å². The summed E-state index contributed by atoms with van der Waals surface area (Å²) >= 11 is 3.95. The van der Waals surface area contributed by atoms with Gasteiger partial charge in [-0.1, -0.05) is 0 Å². The summed E-state index contributed by atoms with van der Waals surface area (Å²) in [7, 11) is 0. The molecule has 0 aliphatic heterocycles. The van der Waals surface area contributed by atoms with Crippen LogP contribution in [0.5, 0.6) is 0 Å². The molecule has 0 spiro atoms. The van der Waals surface area contributed by atoms with Crippen LogP contribution in [0.4, 0.5) is 0 Å². The third kappa shape index (κ3) is 3.32. The summed E-state index contributed by atoms with van der Waals surface area (Å²) in [6.07, 6.45) is 11.8. The first kappa shape index (κ1) is 17.7. The van der Waals surface area contributed by atoms with Crippen LogP contribution in [0.2, 0.25) is 0 Å². The fraction of sp³-hybridized carbons (Fsp3) is 0.238. The molecule has 1 unspecified atom stereocenters. The van der Waals surface area contributed by atoms with E-state index in [1.165, 1.54) is 29.6 Å². The van der Waals surface area contributed by atoms with Crippen molar-refractivity contribution in [2.45, 2.75) is 23.9 Å². The van der Waals surface area contributed by atoms with Crippen LogP contribution in [0.3, 0.4) is 0 Å². The number of nitrogens with zero attached hydrogens (tertiary/aromatic N) is 1. The zero-order valence-corrected chi connectivity index (χ0v) is 17.6.